The minimum absolute atomic E-state index is 0.331. The highest BCUT2D eigenvalue weighted by Gasteiger charge is 2.42. The zero-order valence-corrected chi connectivity index (χ0v) is 11.2. The number of carbonyl (C=O) groups is 1. The van der Waals surface area contributed by atoms with Crippen molar-refractivity contribution < 1.29 is 4.79 Å². The van der Waals surface area contributed by atoms with E-state index in [4.69, 9.17) is 0 Å². The van der Waals surface area contributed by atoms with Crippen LogP contribution in [0.1, 0.15) is 25.7 Å². The summed E-state index contributed by atoms with van der Waals surface area (Å²) >= 11 is 0. The molecule has 4 nitrogen and oxygen atoms in total. The second-order valence-electron chi connectivity index (χ2n) is 6.16. The first-order valence-electron chi connectivity index (χ1n) is 7.53. The lowest BCUT2D eigenvalue weighted by molar-refractivity contribution is -0.126. The molecule has 2 aliphatic carbocycles. The summed E-state index contributed by atoms with van der Waals surface area (Å²) in [6.07, 6.45) is 5.13. The smallest absolute Gasteiger partial charge is 0.223 e. The SMILES string of the molecule is O=C(NCCN1CCNCC1)C1CC2CCC1C2. The number of nitrogens with one attached hydrogen (secondary N) is 2. The van der Waals surface area contributed by atoms with Crippen LogP contribution in [0.2, 0.25) is 0 Å². The molecule has 3 fully saturated rings. The van der Waals surface area contributed by atoms with Gasteiger partial charge in [0.05, 0.1) is 0 Å². The van der Waals surface area contributed by atoms with E-state index in [0.29, 0.717) is 17.7 Å². The molecule has 0 aromatic carbocycles. The zero-order chi connectivity index (χ0) is 12.4. The predicted molar refractivity (Wildman–Crippen MR) is 71.3 cm³/mol. The molecule has 1 aliphatic heterocycles. The highest BCUT2D eigenvalue weighted by molar-refractivity contribution is 5.79. The van der Waals surface area contributed by atoms with Gasteiger partial charge in [-0.15, -0.1) is 0 Å². The van der Waals surface area contributed by atoms with Crippen LogP contribution in [-0.4, -0.2) is 50.1 Å². The van der Waals surface area contributed by atoms with Crippen molar-refractivity contribution in [2.24, 2.45) is 17.8 Å². The van der Waals surface area contributed by atoms with Crippen LogP contribution in [0.4, 0.5) is 0 Å². The van der Waals surface area contributed by atoms with Gasteiger partial charge in [0, 0.05) is 45.2 Å². The van der Waals surface area contributed by atoms with E-state index < -0.39 is 0 Å². The molecule has 18 heavy (non-hydrogen) atoms. The highest BCUT2D eigenvalue weighted by atomic mass is 16.1. The summed E-state index contributed by atoms with van der Waals surface area (Å²) in [6, 6.07) is 0. The molecular formula is C14H25N3O. The maximum absolute atomic E-state index is 12.1. The molecule has 1 heterocycles. The van der Waals surface area contributed by atoms with Crippen LogP contribution in [0, 0.1) is 17.8 Å². The monoisotopic (exact) mass is 251 g/mol. The molecule has 2 N–H and O–H groups in total. The lowest BCUT2D eigenvalue weighted by Gasteiger charge is -2.27. The molecule has 3 rings (SSSR count). The largest absolute Gasteiger partial charge is 0.355 e. The van der Waals surface area contributed by atoms with E-state index in [1.54, 1.807) is 0 Å². The van der Waals surface area contributed by atoms with Crippen LogP contribution < -0.4 is 10.6 Å². The van der Waals surface area contributed by atoms with Crippen molar-refractivity contribution in [2.45, 2.75) is 25.7 Å². The van der Waals surface area contributed by atoms with Crippen LogP contribution in [0.5, 0.6) is 0 Å². The lowest BCUT2D eigenvalue weighted by atomic mass is 9.88. The van der Waals surface area contributed by atoms with E-state index >= 15 is 0 Å². The van der Waals surface area contributed by atoms with Crippen LogP contribution in [-0.2, 0) is 4.79 Å². The van der Waals surface area contributed by atoms with E-state index in [1.165, 1.54) is 19.3 Å². The van der Waals surface area contributed by atoms with Gasteiger partial charge in [0.15, 0.2) is 0 Å². The Labute approximate surface area is 109 Å². The van der Waals surface area contributed by atoms with E-state index in [2.05, 4.69) is 15.5 Å². The van der Waals surface area contributed by atoms with E-state index in [1.807, 2.05) is 0 Å². The summed E-state index contributed by atoms with van der Waals surface area (Å²) in [5.74, 6) is 2.23. The minimum atomic E-state index is 0.331. The molecule has 0 aromatic heterocycles. The molecule has 2 saturated carbocycles. The lowest BCUT2D eigenvalue weighted by Crippen LogP contribution is -2.46. The van der Waals surface area contributed by atoms with Crippen molar-refractivity contribution in [3.05, 3.63) is 0 Å². The van der Waals surface area contributed by atoms with Gasteiger partial charge in [0.25, 0.3) is 0 Å². The molecule has 3 unspecified atom stereocenters. The molecule has 0 radical (unpaired) electrons. The maximum atomic E-state index is 12.1. The number of rotatable bonds is 4. The summed E-state index contributed by atoms with van der Waals surface area (Å²) in [6.45, 7) is 6.23. The normalized spacial score (nSPS) is 35.9. The van der Waals surface area contributed by atoms with Crippen molar-refractivity contribution in [3.63, 3.8) is 0 Å². The van der Waals surface area contributed by atoms with Crippen molar-refractivity contribution >= 4 is 5.91 Å². The van der Waals surface area contributed by atoms with Gasteiger partial charge in [-0.2, -0.15) is 0 Å². The molecule has 3 atom stereocenters. The first kappa shape index (κ1) is 12.4. The van der Waals surface area contributed by atoms with Gasteiger partial charge in [0.1, 0.15) is 0 Å². The molecule has 0 aromatic rings. The van der Waals surface area contributed by atoms with Crippen LogP contribution in [0.3, 0.4) is 0 Å². The van der Waals surface area contributed by atoms with Crippen molar-refractivity contribution in [3.8, 4) is 0 Å². The molecule has 4 heteroatoms. The topological polar surface area (TPSA) is 44.4 Å². The maximum Gasteiger partial charge on any atom is 0.223 e. The molecule has 1 saturated heterocycles. The number of amides is 1. The number of piperazine rings is 1. The summed E-state index contributed by atoms with van der Waals surface area (Å²) in [5, 5.41) is 6.50. The predicted octanol–water partition coefficient (Wildman–Crippen LogP) is 0.444. The van der Waals surface area contributed by atoms with Gasteiger partial charge < -0.3 is 10.6 Å². The molecule has 2 bridgehead atoms. The molecule has 102 valence electrons. The zero-order valence-electron chi connectivity index (χ0n) is 11.2. The first-order valence-corrected chi connectivity index (χ1v) is 7.53. The Bertz CT molecular complexity index is 301. The number of hydrogen-bond acceptors (Lipinski definition) is 3. The summed E-state index contributed by atoms with van der Waals surface area (Å²) in [4.78, 5) is 14.6. The van der Waals surface area contributed by atoms with Crippen molar-refractivity contribution in [1.29, 1.82) is 0 Å². The Hall–Kier alpha value is -0.610. The Balaban J connectivity index is 1.36. The highest BCUT2D eigenvalue weighted by Crippen LogP contribution is 2.48. The fourth-order valence-electron chi connectivity index (χ4n) is 3.97. The first-order chi connectivity index (χ1) is 8.83. The van der Waals surface area contributed by atoms with Gasteiger partial charge in [-0.1, -0.05) is 6.42 Å². The van der Waals surface area contributed by atoms with Gasteiger partial charge in [-0.25, -0.2) is 0 Å². The standard InChI is InChI=1S/C14H25N3O/c18-14(13-10-11-1-2-12(13)9-11)16-5-8-17-6-3-15-4-7-17/h11-13,15H,1-10H2,(H,16,18). The third-order valence-corrected chi connectivity index (χ3v) is 5.01. The van der Waals surface area contributed by atoms with Crippen molar-refractivity contribution in [2.75, 3.05) is 39.3 Å². The third-order valence-electron chi connectivity index (χ3n) is 5.01. The molecule has 0 spiro atoms. The molecule has 1 amide bonds. The fourth-order valence-corrected chi connectivity index (χ4v) is 3.97. The van der Waals surface area contributed by atoms with E-state index in [-0.39, 0.29) is 0 Å². The van der Waals surface area contributed by atoms with Crippen molar-refractivity contribution in [1.82, 2.24) is 15.5 Å². The fraction of sp³-hybridized carbons (Fsp3) is 0.929. The number of hydrogen-bond donors (Lipinski definition) is 2. The molecule has 3 aliphatic rings. The third kappa shape index (κ3) is 2.69. The van der Waals surface area contributed by atoms with Gasteiger partial charge >= 0.3 is 0 Å². The second-order valence-corrected chi connectivity index (χ2v) is 6.16. The molecular weight excluding hydrogens is 226 g/mol. The van der Waals surface area contributed by atoms with Crippen LogP contribution in [0.15, 0.2) is 0 Å². The Morgan fingerprint density at radius 1 is 1.22 bits per heavy atom. The second kappa shape index (κ2) is 5.57. The summed E-state index contributed by atoms with van der Waals surface area (Å²) in [7, 11) is 0. The van der Waals surface area contributed by atoms with Gasteiger partial charge in [0.2, 0.25) is 5.91 Å². The summed E-state index contributed by atoms with van der Waals surface area (Å²) in [5.41, 5.74) is 0. The minimum Gasteiger partial charge on any atom is -0.355 e. The summed E-state index contributed by atoms with van der Waals surface area (Å²) < 4.78 is 0. The van der Waals surface area contributed by atoms with E-state index in [0.717, 1.165) is 51.6 Å². The van der Waals surface area contributed by atoms with E-state index in [9.17, 15) is 4.79 Å². The average Bonchev–Trinajstić information content (AvgIpc) is 3.02. The van der Waals surface area contributed by atoms with Crippen LogP contribution >= 0.6 is 0 Å². The Morgan fingerprint density at radius 2 is 2.06 bits per heavy atom. The van der Waals surface area contributed by atoms with Gasteiger partial charge in [-0.05, 0) is 31.1 Å². The Morgan fingerprint density at radius 3 is 2.72 bits per heavy atom. The Kier molecular flexibility index (Phi) is 3.85. The quantitative estimate of drug-likeness (QED) is 0.762. The number of nitrogens with zero attached hydrogens (tertiary/aromatic N) is 1. The van der Waals surface area contributed by atoms with Crippen LogP contribution in [0.25, 0.3) is 0 Å². The number of fused-ring (bicyclic) bond motifs is 2. The average molecular weight is 251 g/mol. The van der Waals surface area contributed by atoms with Gasteiger partial charge in [-0.3, -0.25) is 9.69 Å². The number of carbonyl (C=O) groups excluding carboxylic acids is 1.